The fourth-order valence-corrected chi connectivity index (χ4v) is 3.10. The van der Waals surface area contributed by atoms with Gasteiger partial charge >= 0.3 is 0 Å². The van der Waals surface area contributed by atoms with E-state index in [-0.39, 0.29) is 5.91 Å². The molecule has 0 atom stereocenters. The predicted molar refractivity (Wildman–Crippen MR) is 98.6 cm³/mol. The molecule has 0 bridgehead atoms. The fraction of sp³-hybridized carbons (Fsp3) is 0.105. The monoisotopic (exact) mass is 350 g/mol. The molecule has 1 aromatic heterocycles. The molecule has 1 N–H and O–H groups in total. The van der Waals surface area contributed by atoms with E-state index >= 15 is 0 Å². The molecule has 1 aliphatic rings. The zero-order valence-corrected chi connectivity index (χ0v) is 14.1. The van der Waals surface area contributed by atoms with Crippen molar-refractivity contribution in [2.24, 2.45) is 0 Å². The van der Waals surface area contributed by atoms with Crippen LogP contribution in [0.2, 0.25) is 5.02 Å². The molecular formula is C19H15ClN4O. The molecule has 0 saturated heterocycles. The number of hydrogen-bond donors (Lipinski definition) is 1. The van der Waals surface area contributed by atoms with E-state index in [1.165, 1.54) is 5.56 Å². The van der Waals surface area contributed by atoms with Crippen LogP contribution in [0.1, 0.15) is 16.1 Å². The number of nitrogens with zero attached hydrogens (tertiary/aromatic N) is 3. The number of rotatable bonds is 3. The zero-order valence-electron chi connectivity index (χ0n) is 13.3. The summed E-state index contributed by atoms with van der Waals surface area (Å²) in [5.74, 6) is 0.238. The SMILES string of the molecule is O=C(Nc1cccc(Cl)c1)c1ccnc(N2CCc3ccccc32)n1. The van der Waals surface area contributed by atoms with Gasteiger partial charge in [-0.1, -0.05) is 35.9 Å². The maximum atomic E-state index is 12.5. The summed E-state index contributed by atoms with van der Waals surface area (Å²) in [5, 5.41) is 3.37. The van der Waals surface area contributed by atoms with Crippen LogP contribution in [0.4, 0.5) is 17.3 Å². The molecule has 124 valence electrons. The molecule has 0 aliphatic carbocycles. The van der Waals surface area contributed by atoms with Gasteiger partial charge < -0.3 is 10.2 Å². The van der Waals surface area contributed by atoms with E-state index in [0.29, 0.717) is 22.4 Å². The lowest BCUT2D eigenvalue weighted by Crippen LogP contribution is -2.20. The summed E-state index contributed by atoms with van der Waals surface area (Å²) in [6, 6.07) is 16.8. The molecular weight excluding hydrogens is 336 g/mol. The van der Waals surface area contributed by atoms with Gasteiger partial charge in [-0.05, 0) is 42.3 Å². The van der Waals surface area contributed by atoms with Crippen molar-refractivity contribution in [2.75, 3.05) is 16.8 Å². The van der Waals surface area contributed by atoms with Crippen molar-refractivity contribution < 1.29 is 4.79 Å². The number of halogens is 1. The molecule has 2 aromatic carbocycles. The summed E-state index contributed by atoms with van der Waals surface area (Å²) in [5.41, 5.74) is 3.30. The predicted octanol–water partition coefficient (Wildman–Crippen LogP) is 4.08. The summed E-state index contributed by atoms with van der Waals surface area (Å²) >= 11 is 5.95. The Morgan fingerprint density at radius 1 is 1.12 bits per heavy atom. The van der Waals surface area contributed by atoms with E-state index in [1.807, 2.05) is 23.1 Å². The van der Waals surface area contributed by atoms with Gasteiger partial charge in [0.25, 0.3) is 5.91 Å². The van der Waals surface area contributed by atoms with Gasteiger partial charge in [-0.3, -0.25) is 4.79 Å². The minimum Gasteiger partial charge on any atom is -0.321 e. The smallest absolute Gasteiger partial charge is 0.274 e. The van der Waals surface area contributed by atoms with E-state index in [0.717, 1.165) is 18.7 Å². The highest BCUT2D eigenvalue weighted by Crippen LogP contribution is 2.32. The zero-order chi connectivity index (χ0) is 17.2. The molecule has 0 unspecified atom stereocenters. The molecule has 0 saturated carbocycles. The first-order valence-corrected chi connectivity index (χ1v) is 8.34. The molecule has 3 aromatic rings. The Hall–Kier alpha value is -2.92. The number of para-hydroxylation sites is 1. The third kappa shape index (κ3) is 3.19. The van der Waals surface area contributed by atoms with E-state index < -0.39 is 0 Å². The summed E-state index contributed by atoms with van der Waals surface area (Å²) < 4.78 is 0. The van der Waals surface area contributed by atoms with Crippen LogP contribution in [0.15, 0.2) is 60.8 Å². The van der Waals surface area contributed by atoms with E-state index in [9.17, 15) is 4.79 Å². The minimum atomic E-state index is -0.293. The summed E-state index contributed by atoms with van der Waals surface area (Å²) in [6.07, 6.45) is 2.55. The quantitative estimate of drug-likeness (QED) is 0.773. The van der Waals surface area contributed by atoms with Crippen LogP contribution in [-0.4, -0.2) is 22.4 Å². The van der Waals surface area contributed by atoms with Crippen molar-refractivity contribution in [3.63, 3.8) is 0 Å². The van der Waals surface area contributed by atoms with Crippen molar-refractivity contribution in [1.82, 2.24) is 9.97 Å². The van der Waals surface area contributed by atoms with Crippen molar-refractivity contribution in [1.29, 1.82) is 0 Å². The Bertz CT molecular complexity index is 944. The molecule has 1 aliphatic heterocycles. The van der Waals surface area contributed by atoms with Crippen LogP contribution in [0.5, 0.6) is 0 Å². The van der Waals surface area contributed by atoms with Crippen molar-refractivity contribution in [3.05, 3.63) is 77.1 Å². The second-order valence-electron chi connectivity index (χ2n) is 5.74. The topological polar surface area (TPSA) is 58.1 Å². The molecule has 0 radical (unpaired) electrons. The first-order valence-electron chi connectivity index (χ1n) is 7.96. The van der Waals surface area contributed by atoms with Gasteiger partial charge in [-0.2, -0.15) is 0 Å². The van der Waals surface area contributed by atoms with Crippen LogP contribution in [0, 0.1) is 0 Å². The van der Waals surface area contributed by atoms with Gasteiger partial charge in [0.15, 0.2) is 0 Å². The number of benzene rings is 2. The van der Waals surface area contributed by atoms with Gasteiger partial charge in [0.05, 0.1) is 0 Å². The summed E-state index contributed by atoms with van der Waals surface area (Å²) in [7, 11) is 0. The van der Waals surface area contributed by atoms with Crippen LogP contribution < -0.4 is 10.2 Å². The molecule has 5 nitrogen and oxygen atoms in total. The average molecular weight is 351 g/mol. The lowest BCUT2D eigenvalue weighted by molar-refractivity contribution is 0.102. The van der Waals surface area contributed by atoms with Gasteiger partial charge in [-0.15, -0.1) is 0 Å². The second-order valence-corrected chi connectivity index (χ2v) is 6.17. The van der Waals surface area contributed by atoms with Crippen molar-refractivity contribution in [2.45, 2.75) is 6.42 Å². The molecule has 0 fully saturated rings. The van der Waals surface area contributed by atoms with Gasteiger partial charge in [0.1, 0.15) is 5.69 Å². The van der Waals surface area contributed by atoms with E-state index in [1.54, 1.807) is 36.5 Å². The number of aromatic nitrogens is 2. The van der Waals surface area contributed by atoms with Crippen LogP contribution in [0.3, 0.4) is 0 Å². The molecule has 6 heteroatoms. The summed E-state index contributed by atoms with van der Waals surface area (Å²) in [4.78, 5) is 23.3. The number of nitrogens with one attached hydrogen (secondary N) is 1. The Labute approximate surface area is 150 Å². The fourth-order valence-electron chi connectivity index (χ4n) is 2.91. The Kier molecular flexibility index (Phi) is 4.07. The number of fused-ring (bicyclic) bond motifs is 1. The van der Waals surface area contributed by atoms with Crippen molar-refractivity contribution >= 4 is 34.8 Å². The molecule has 25 heavy (non-hydrogen) atoms. The number of carbonyl (C=O) groups excluding carboxylic acids is 1. The third-order valence-corrected chi connectivity index (χ3v) is 4.32. The van der Waals surface area contributed by atoms with Crippen LogP contribution >= 0.6 is 11.6 Å². The third-order valence-electron chi connectivity index (χ3n) is 4.09. The highest BCUT2D eigenvalue weighted by atomic mass is 35.5. The first-order chi connectivity index (χ1) is 12.2. The molecule has 4 rings (SSSR count). The average Bonchev–Trinajstić information content (AvgIpc) is 3.06. The van der Waals surface area contributed by atoms with Crippen LogP contribution in [0.25, 0.3) is 0 Å². The Morgan fingerprint density at radius 2 is 2.00 bits per heavy atom. The maximum Gasteiger partial charge on any atom is 0.274 e. The highest BCUT2D eigenvalue weighted by Gasteiger charge is 2.22. The highest BCUT2D eigenvalue weighted by molar-refractivity contribution is 6.30. The maximum absolute atomic E-state index is 12.5. The second kappa shape index (κ2) is 6.53. The number of anilines is 3. The molecule has 2 heterocycles. The molecule has 1 amide bonds. The van der Waals surface area contributed by atoms with Crippen LogP contribution in [-0.2, 0) is 6.42 Å². The Balaban J connectivity index is 1.59. The van der Waals surface area contributed by atoms with Gasteiger partial charge in [-0.25, -0.2) is 9.97 Å². The number of amides is 1. The molecule has 0 spiro atoms. The van der Waals surface area contributed by atoms with E-state index in [4.69, 9.17) is 11.6 Å². The summed E-state index contributed by atoms with van der Waals surface area (Å²) in [6.45, 7) is 0.804. The minimum absolute atomic E-state index is 0.293. The standard InChI is InChI=1S/C19H15ClN4O/c20-14-5-3-6-15(12-14)22-18(25)16-8-10-21-19(23-16)24-11-9-13-4-1-2-7-17(13)24/h1-8,10,12H,9,11H2,(H,22,25). The largest absolute Gasteiger partial charge is 0.321 e. The normalized spacial score (nSPS) is 12.8. The lowest BCUT2D eigenvalue weighted by Gasteiger charge is -2.17. The van der Waals surface area contributed by atoms with Crippen molar-refractivity contribution in [3.8, 4) is 0 Å². The van der Waals surface area contributed by atoms with Gasteiger partial charge in [0.2, 0.25) is 5.95 Å². The number of hydrogen-bond acceptors (Lipinski definition) is 4. The number of carbonyl (C=O) groups is 1. The van der Waals surface area contributed by atoms with Gasteiger partial charge in [0, 0.05) is 29.1 Å². The lowest BCUT2D eigenvalue weighted by atomic mass is 10.2. The first kappa shape index (κ1) is 15.6. The Morgan fingerprint density at radius 3 is 2.88 bits per heavy atom. The van der Waals surface area contributed by atoms with E-state index in [2.05, 4.69) is 21.4 Å².